The molecule has 1 heterocycles. The van der Waals surface area contributed by atoms with Gasteiger partial charge in [0.25, 0.3) is 0 Å². The molecule has 2 N–H and O–H groups in total. The second-order valence-electron chi connectivity index (χ2n) is 7.32. The zero-order valence-corrected chi connectivity index (χ0v) is 16.7. The molecule has 1 aliphatic heterocycles. The molecule has 150 valence electrons. The van der Waals surface area contributed by atoms with Gasteiger partial charge in [0, 0.05) is 0 Å². The number of hydrogen-bond donors (Lipinski definition) is 1. The molecule has 0 aromatic heterocycles. The lowest BCUT2D eigenvalue weighted by Crippen LogP contribution is -2.53. The van der Waals surface area contributed by atoms with Crippen LogP contribution in [0.1, 0.15) is 54.1 Å². The Balaban J connectivity index is 1.72. The fraction of sp³-hybridized carbons (Fsp3) is 0.333. The highest BCUT2D eigenvalue weighted by atomic mass is 16.6. The number of aryl methyl sites for hydroxylation is 1. The predicted octanol–water partition coefficient (Wildman–Crippen LogP) is 4.66. The van der Waals surface area contributed by atoms with E-state index in [4.69, 9.17) is 20.5 Å². The molecule has 0 saturated carbocycles. The highest BCUT2D eigenvalue weighted by Crippen LogP contribution is 2.38. The molecule has 0 aliphatic carbocycles. The average Bonchev–Trinajstić information content (AvgIpc) is 2.72. The number of nitrogens with two attached hydrogens (primary N) is 1. The summed E-state index contributed by atoms with van der Waals surface area (Å²) in [6.45, 7) is 2.26. The first-order valence-corrected chi connectivity index (χ1v) is 9.96. The molecule has 0 fully saturated rings. The third-order valence-electron chi connectivity index (χ3n) is 4.88. The van der Waals surface area contributed by atoms with Gasteiger partial charge >= 0.3 is 0 Å². The highest BCUT2D eigenvalue weighted by Gasteiger charge is 2.35. The standard InChI is InChI=1S/C24H26N2O3/c1-2-3-4-6-18-9-11-19(12-10-18)13-14-21(27)20-7-5-8-22-23(20)29-24(26,15-16-25)17-28-22/h5,7-14H,2-4,6,15,17,26H2,1H3. The quantitative estimate of drug-likeness (QED) is 0.403. The van der Waals surface area contributed by atoms with E-state index in [2.05, 4.69) is 19.1 Å². The summed E-state index contributed by atoms with van der Waals surface area (Å²) in [5, 5.41) is 8.96. The van der Waals surface area contributed by atoms with Gasteiger partial charge in [-0.1, -0.05) is 56.2 Å². The summed E-state index contributed by atoms with van der Waals surface area (Å²) in [6.07, 6.45) is 7.99. The van der Waals surface area contributed by atoms with Crippen molar-refractivity contribution < 1.29 is 14.3 Å². The average molecular weight is 390 g/mol. The van der Waals surface area contributed by atoms with Gasteiger partial charge < -0.3 is 9.47 Å². The van der Waals surface area contributed by atoms with Crippen LogP contribution in [-0.4, -0.2) is 18.1 Å². The van der Waals surface area contributed by atoms with Crippen molar-refractivity contribution in [2.24, 2.45) is 5.73 Å². The number of ketones is 1. The maximum Gasteiger partial charge on any atom is 0.205 e. The van der Waals surface area contributed by atoms with Crippen LogP contribution in [-0.2, 0) is 6.42 Å². The predicted molar refractivity (Wildman–Crippen MR) is 113 cm³/mol. The number of hydrogen-bond acceptors (Lipinski definition) is 5. The lowest BCUT2D eigenvalue weighted by molar-refractivity contribution is -0.000747. The third-order valence-corrected chi connectivity index (χ3v) is 4.88. The van der Waals surface area contributed by atoms with Gasteiger partial charge in [0.15, 0.2) is 17.3 Å². The molecule has 0 amide bonds. The number of carbonyl (C=O) groups excluding carboxylic acids is 1. The van der Waals surface area contributed by atoms with Crippen LogP contribution in [0.5, 0.6) is 11.5 Å². The lowest BCUT2D eigenvalue weighted by Gasteiger charge is -2.34. The second kappa shape index (κ2) is 9.40. The lowest BCUT2D eigenvalue weighted by atomic mass is 10.0. The molecule has 0 saturated heterocycles. The second-order valence-corrected chi connectivity index (χ2v) is 7.32. The molecule has 2 aromatic rings. The van der Waals surface area contributed by atoms with E-state index >= 15 is 0 Å². The number of ether oxygens (including phenoxy) is 2. The van der Waals surface area contributed by atoms with Gasteiger partial charge in [-0.25, -0.2) is 0 Å². The number of para-hydroxylation sites is 1. The van der Waals surface area contributed by atoms with Crippen LogP contribution in [0.2, 0.25) is 0 Å². The van der Waals surface area contributed by atoms with Crippen molar-refractivity contribution in [2.75, 3.05) is 6.61 Å². The van der Waals surface area contributed by atoms with Crippen molar-refractivity contribution in [1.29, 1.82) is 5.26 Å². The van der Waals surface area contributed by atoms with Gasteiger partial charge in [0.1, 0.15) is 6.61 Å². The maximum atomic E-state index is 12.8. The fourth-order valence-electron chi connectivity index (χ4n) is 3.22. The van der Waals surface area contributed by atoms with E-state index in [1.807, 2.05) is 18.2 Å². The van der Waals surface area contributed by atoms with E-state index in [0.717, 1.165) is 12.0 Å². The van der Waals surface area contributed by atoms with Crippen LogP contribution in [0.4, 0.5) is 0 Å². The summed E-state index contributed by atoms with van der Waals surface area (Å²) in [6, 6.07) is 15.4. The Bertz CT molecular complexity index is 928. The van der Waals surface area contributed by atoms with Crippen molar-refractivity contribution in [1.82, 2.24) is 0 Å². The molecule has 29 heavy (non-hydrogen) atoms. The summed E-state index contributed by atoms with van der Waals surface area (Å²) < 4.78 is 11.4. The van der Waals surface area contributed by atoms with E-state index in [1.54, 1.807) is 24.3 Å². The van der Waals surface area contributed by atoms with Crippen LogP contribution in [0.3, 0.4) is 0 Å². The molecule has 5 heteroatoms. The minimum Gasteiger partial charge on any atom is -0.484 e. The molecular weight excluding hydrogens is 364 g/mol. The number of nitriles is 1. The van der Waals surface area contributed by atoms with Crippen LogP contribution in [0.25, 0.3) is 6.08 Å². The molecule has 1 unspecified atom stereocenters. The summed E-state index contributed by atoms with van der Waals surface area (Å²) in [7, 11) is 0. The Morgan fingerprint density at radius 3 is 2.76 bits per heavy atom. The first-order chi connectivity index (χ1) is 14.0. The van der Waals surface area contributed by atoms with Crippen molar-refractivity contribution >= 4 is 11.9 Å². The minimum atomic E-state index is -1.25. The number of rotatable bonds is 8. The van der Waals surface area contributed by atoms with Crippen molar-refractivity contribution in [3.63, 3.8) is 0 Å². The molecule has 0 bridgehead atoms. The SMILES string of the molecule is CCCCCc1ccc(C=CC(=O)c2cccc3c2OC(N)(CC#N)CO3)cc1. The first-order valence-electron chi connectivity index (χ1n) is 9.96. The zero-order valence-electron chi connectivity index (χ0n) is 16.7. The number of unbranched alkanes of at least 4 members (excludes halogenated alkanes) is 2. The third kappa shape index (κ3) is 5.24. The molecule has 0 radical (unpaired) electrons. The van der Waals surface area contributed by atoms with Gasteiger partial charge in [0.2, 0.25) is 5.72 Å². The summed E-state index contributed by atoms with van der Waals surface area (Å²) in [5.41, 5.74) is 7.45. The largest absolute Gasteiger partial charge is 0.484 e. The maximum absolute atomic E-state index is 12.8. The Labute approximate surface area is 171 Å². The number of nitrogens with zero attached hydrogens (tertiary/aromatic N) is 1. The van der Waals surface area contributed by atoms with Crippen molar-refractivity contribution in [3.8, 4) is 17.6 Å². The number of carbonyl (C=O) groups is 1. The van der Waals surface area contributed by atoms with Gasteiger partial charge in [-0.2, -0.15) is 5.26 Å². The van der Waals surface area contributed by atoms with E-state index in [0.29, 0.717) is 11.3 Å². The Hall–Kier alpha value is -3.10. The monoisotopic (exact) mass is 390 g/mol. The number of benzene rings is 2. The number of allylic oxidation sites excluding steroid dienone is 1. The summed E-state index contributed by atoms with van der Waals surface area (Å²) >= 11 is 0. The van der Waals surface area contributed by atoms with E-state index in [9.17, 15) is 4.79 Å². The zero-order chi connectivity index (χ0) is 20.7. The van der Waals surface area contributed by atoms with Crippen molar-refractivity contribution in [3.05, 3.63) is 65.2 Å². The molecular formula is C24H26N2O3. The minimum absolute atomic E-state index is 0.0323. The van der Waals surface area contributed by atoms with Crippen molar-refractivity contribution in [2.45, 2.75) is 44.8 Å². The Kier molecular flexibility index (Phi) is 6.69. The van der Waals surface area contributed by atoms with Gasteiger partial charge in [-0.3, -0.25) is 10.5 Å². The molecule has 3 rings (SSSR count). The smallest absolute Gasteiger partial charge is 0.205 e. The van der Waals surface area contributed by atoms with Gasteiger partial charge in [-0.05, 0) is 42.2 Å². The van der Waals surface area contributed by atoms with E-state index in [-0.39, 0.29) is 24.6 Å². The fourth-order valence-corrected chi connectivity index (χ4v) is 3.22. The molecule has 1 atom stereocenters. The van der Waals surface area contributed by atoms with Gasteiger partial charge in [0.05, 0.1) is 18.1 Å². The molecule has 5 nitrogen and oxygen atoms in total. The Morgan fingerprint density at radius 1 is 1.24 bits per heavy atom. The molecule has 1 aliphatic rings. The van der Waals surface area contributed by atoms with E-state index in [1.165, 1.54) is 30.9 Å². The topological polar surface area (TPSA) is 85.3 Å². The van der Waals surface area contributed by atoms with Crippen LogP contribution in [0, 0.1) is 11.3 Å². The van der Waals surface area contributed by atoms with Crippen LogP contribution < -0.4 is 15.2 Å². The Morgan fingerprint density at radius 2 is 2.03 bits per heavy atom. The number of fused-ring (bicyclic) bond motifs is 1. The van der Waals surface area contributed by atoms with E-state index < -0.39 is 5.72 Å². The highest BCUT2D eigenvalue weighted by molar-refractivity contribution is 6.09. The van der Waals surface area contributed by atoms with Crippen LogP contribution in [0.15, 0.2) is 48.5 Å². The van der Waals surface area contributed by atoms with Gasteiger partial charge in [-0.15, -0.1) is 0 Å². The molecule has 0 spiro atoms. The van der Waals surface area contributed by atoms with Crippen LogP contribution >= 0.6 is 0 Å². The molecule has 2 aromatic carbocycles. The summed E-state index contributed by atoms with van der Waals surface area (Å²) in [5.74, 6) is 0.538. The first kappa shape index (κ1) is 20.6. The normalized spacial score (nSPS) is 17.8. The summed E-state index contributed by atoms with van der Waals surface area (Å²) in [4.78, 5) is 12.8.